The first kappa shape index (κ1) is 15.7. The Morgan fingerprint density at radius 3 is 2.76 bits per heavy atom. The monoisotopic (exact) mass is 310 g/mol. The number of oxazole rings is 1. The Labute approximate surface area is 123 Å². The molecule has 0 aliphatic carbocycles. The van der Waals surface area contributed by atoms with Gasteiger partial charge in [-0.3, -0.25) is 0 Å². The number of sulfonamides is 1. The molecule has 0 spiro atoms. The van der Waals surface area contributed by atoms with E-state index in [0.717, 1.165) is 0 Å². The third kappa shape index (κ3) is 3.49. The fourth-order valence-electron chi connectivity index (χ4n) is 1.95. The highest BCUT2D eigenvalue weighted by atomic mass is 32.2. The van der Waals surface area contributed by atoms with Gasteiger partial charge in [0.2, 0.25) is 15.9 Å². The lowest BCUT2D eigenvalue weighted by Crippen LogP contribution is -2.24. The Kier molecular flexibility index (Phi) is 4.76. The molecule has 1 aromatic heterocycles. The minimum Gasteiger partial charge on any atom is -0.444 e. The van der Waals surface area contributed by atoms with Gasteiger partial charge in [0.25, 0.3) is 0 Å². The van der Waals surface area contributed by atoms with E-state index in [1.54, 1.807) is 25.3 Å². The van der Waals surface area contributed by atoms with Crippen LogP contribution in [0.5, 0.6) is 0 Å². The molecule has 0 saturated carbocycles. The molecular weight excluding hydrogens is 292 g/mol. The smallest absolute Gasteiger partial charge is 0.241 e. The molecule has 2 N–H and O–H groups in total. The zero-order valence-electron chi connectivity index (χ0n) is 12.0. The van der Waals surface area contributed by atoms with Crippen molar-refractivity contribution in [2.45, 2.75) is 38.3 Å². The molecule has 0 aliphatic rings. The molecule has 2 rings (SSSR count). The molecule has 114 valence electrons. The van der Waals surface area contributed by atoms with E-state index in [2.05, 4.69) is 9.71 Å². The molecule has 2 aromatic rings. The number of aromatic nitrogens is 1. The van der Waals surface area contributed by atoms with Gasteiger partial charge in [-0.1, -0.05) is 19.1 Å². The van der Waals surface area contributed by atoms with Crippen LogP contribution in [-0.2, 0) is 29.6 Å². The van der Waals surface area contributed by atoms with Gasteiger partial charge in [-0.15, -0.1) is 0 Å². The third-order valence-electron chi connectivity index (χ3n) is 3.22. The van der Waals surface area contributed by atoms with Crippen LogP contribution in [0.3, 0.4) is 0 Å². The molecule has 7 heteroatoms. The molecule has 0 atom stereocenters. The van der Waals surface area contributed by atoms with Gasteiger partial charge in [-0.25, -0.2) is 18.1 Å². The topological polar surface area (TPSA) is 92.4 Å². The van der Waals surface area contributed by atoms with Crippen molar-refractivity contribution in [3.05, 3.63) is 47.2 Å². The lowest BCUT2D eigenvalue weighted by atomic mass is 10.1. The number of nitrogens with zero attached hydrogens (tertiary/aromatic N) is 1. The van der Waals surface area contributed by atoms with Crippen molar-refractivity contribution in [3.63, 3.8) is 0 Å². The van der Waals surface area contributed by atoms with Gasteiger partial charge in [-0.05, 0) is 24.1 Å². The SMILES string of the molecule is CCc1cnc(CNS(=O)(=O)c2cccc(CO)c2C)o1. The number of aliphatic hydroxyl groups is 1. The number of rotatable bonds is 6. The molecule has 1 aromatic carbocycles. The number of hydrogen-bond donors (Lipinski definition) is 2. The van der Waals surface area contributed by atoms with Gasteiger partial charge in [0.05, 0.1) is 24.2 Å². The maximum Gasteiger partial charge on any atom is 0.241 e. The lowest BCUT2D eigenvalue weighted by molar-refractivity contribution is 0.280. The molecule has 21 heavy (non-hydrogen) atoms. The van der Waals surface area contributed by atoms with Crippen LogP contribution >= 0.6 is 0 Å². The van der Waals surface area contributed by atoms with Crippen molar-refractivity contribution in [2.24, 2.45) is 0 Å². The van der Waals surface area contributed by atoms with Gasteiger partial charge in [0.1, 0.15) is 5.76 Å². The molecule has 0 saturated heterocycles. The van der Waals surface area contributed by atoms with Crippen molar-refractivity contribution < 1.29 is 17.9 Å². The van der Waals surface area contributed by atoms with E-state index in [1.807, 2.05) is 6.92 Å². The normalized spacial score (nSPS) is 11.8. The van der Waals surface area contributed by atoms with E-state index in [-0.39, 0.29) is 18.0 Å². The first-order valence-electron chi connectivity index (χ1n) is 6.60. The predicted molar refractivity (Wildman–Crippen MR) is 77.0 cm³/mol. The summed E-state index contributed by atoms with van der Waals surface area (Å²) in [5.41, 5.74) is 1.12. The summed E-state index contributed by atoms with van der Waals surface area (Å²) in [4.78, 5) is 4.16. The van der Waals surface area contributed by atoms with Crippen LogP contribution in [-0.4, -0.2) is 18.5 Å². The minimum absolute atomic E-state index is 0.00880. The summed E-state index contributed by atoms with van der Waals surface area (Å²) in [7, 11) is -3.68. The van der Waals surface area contributed by atoms with Crippen LogP contribution in [0.2, 0.25) is 0 Å². The molecule has 0 aliphatic heterocycles. The molecule has 0 amide bonds. The summed E-state index contributed by atoms with van der Waals surface area (Å²) in [5.74, 6) is 1.04. The van der Waals surface area contributed by atoms with E-state index in [1.165, 1.54) is 6.07 Å². The van der Waals surface area contributed by atoms with Crippen molar-refractivity contribution >= 4 is 10.0 Å². The molecule has 0 unspecified atom stereocenters. The summed E-state index contributed by atoms with van der Waals surface area (Å²) in [6.45, 7) is 3.39. The highest BCUT2D eigenvalue weighted by Crippen LogP contribution is 2.19. The standard InChI is InChI=1S/C14H18N2O4S/c1-3-12-7-15-14(20-12)8-16-21(18,19)13-6-4-5-11(9-17)10(13)2/h4-7,16-17H,3,8-9H2,1-2H3. The van der Waals surface area contributed by atoms with E-state index < -0.39 is 10.0 Å². The minimum atomic E-state index is -3.68. The lowest BCUT2D eigenvalue weighted by Gasteiger charge is -2.10. The van der Waals surface area contributed by atoms with E-state index in [0.29, 0.717) is 29.2 Å². The van der Waals surface area contributed by atoms with Gasteiger partial charge >= 0.3 is 0 Å². The summed E-state index contributed by atoms with van der Waals surface area (Å²) < 4.78 is 32.4. The first-order valence-corrected chi connectivity index (χ1v) is 8.09. The Morgan fingerprint density at radius 2 is 2.14 bits per heavy atom. The van der Waals surface area contributed by atoms with Crippen LogP contribution in [0, 0.1) is 6.92 Å². The summed E-state index contributed by atoms with van der Waals surface area (Å²) >= 11 is 0. The quantitative estimate of drug-likeness (QED) is 0.844. The van der Waals surface area contributed by atoms with E-state index in [4.69, 9.17) is 4.42 Å². The van der Waals surface area contributed by atoms with E-state index in [9.17, 15) is 13.5 Å². The fourth-order valence-corrected chi connectivity index (χ4v) is 3.21. The third-order valence-corrected chi connectivity index (χ3v) is 4.77. The Bertz CT molecular complexity index is 722. The van der Waals surface area contributed by atoms with E-state index >= 15 is 0 Å². The highest BCUT2D eigenvalue weighted by molar-refractivity contribution is 7.89. The molecular formula is C14H18N2O4S. The molecule has 0 fully saturated rings. The number of nitrogens with one attached hydrogen (secondary N) is 1. The second-order valence-corrected chi connectivity index (χ2v) is 6.33. The zero-order valence-corrected chi connectivity index (χ0v) is 12.8. The molecule has 0 radical (unpaired) electrons. The van der Waals surface area contributed by atoms with Gasteiger partial charge < -0.3 is 9.52 Å². The van der Waals surface area contributed by atoms with Crippen LogP contribution in [0.4, 0.5) is 0 Å². The number of aryl methyl sites for hydroxylation is 1. The maximum atomic E-state index is 12.3. The van der Waals surface area contributed by atoms with Crippen molar-refractivity contribution in [1.29, 1.82) is 0 Å². The Hall–Kier alpha value is -1.70. The summed E-state index contributed by atoms with van der Waals surface area (Å²) in [6, 6.07) is 4.80. The summed E-state index contributed by atoms with van der Waals surface area (Å²) in [5, 5.41) is 9.21. The first-order chi connectivity index (χ1) is 9.97. The van der Waals surface area contributed by atoms with Crippen LogP contribution in [0.15, 0.2) is 33.7 Å². The predicted octanol–water partition coefficient (Wildman–Crippen LogP) is 1.52. The Balaban J connectivity index is 2.18. The van der Waals surface area contributed by atoms with Crippen molar-refractivity contribution in [1.82, 2.24) is 9.71 Å². The van der Waals surface area contributed by atoms with Gasteiger partial charge in [-0.2, -0.15) is 0 Å². The van der Waals surface area contributed by atoms with Crippen LogP contribution in [0.25, 0.3) is 0 Å². The Morgan fingerprint density at radius 1 is 1.38 bits per heavy atom. The zero-order chi connectivity index (χ0) is 15.5. The van der Waals surface area contributed by atoms with Gasteiger partial charge in [0, 0.05) is 6.42 Å². The number of hydrogen-bond acceptors (Lipinski definition) is 5. The largest absolute Gasteiger partial charge is 0.444 e. The van der Waals surface area contributed by atoms with Crippen molar-refractivity contribution in [3.8, 4) is 0 Å². The number of aliphatic hydroxyl groups excluding tert-OH is 1. The second kappa shape index (κ2) is 6.38. The van der Waals surface area contributed by atoms with Crippen molar-refractivity contribution in [2.75, 3.05) is 0 Å². The summed E-state index contributed by atoms with van der Waals surface area (Å²) in [6.07, 6.45) is 2.29. The molecule has 0 bridgehead atoms. The van der Waals surface area contributed by atoms with Gasteiger partial charge in [0.15, 0.2) is 0 Å². The van der Waals surface area contributed by atoms with Crippen LogP contribution < -0.4 is 4.72 Å². The molecule has 1 heterocycles. The average molecular weight is 310 g/mol. The average Bonchev–Trinajstić information content (AvgIpc) is 2.93. The van der Waals surface area contributed by atoms with Crippen LogP contribution in [0.1, 0.15) is 29.7 Å². The maximum absolute atomic E-state index is 12.3. The number of benzene rings is 1. The fraction of sp³-hybridized carbons (Fsp3) is 0.357. The molecule has 6 nitrogen and oxygen atoms in total. The highest BCUT2D eigenvalue weighted by Gasteiger charge is 2.18. The second-order valence-electron chi connectivity index (χ2n) is 4.60.